The van der Waals surface area contributed by atoms with Crippen molar-refractivity contribution < 1.29 is 0 Å². The zero-order valence-corrected chi connectivity index (χ0v) is 14.5. The fourth-order valence-electron chi connectivity index (χ4n) is 2.34. The van der Waals surface area contributed by atoms with Gasteiger partial charge in [-0.2, -0.15) is 0 Å². The molecule has 0 spiro atoms. The second-order valence-corrected chi connectivity index (χ2v) is 5.50. The zero-order chi connectivity index (χ0) is 17.5. The van der Waals surface area contributed by atoms with Gasteiger partial charge in [0.2, 0.25) is 0 Å². The van der Waals surface area contributed by atoms with Gasteiger partial charge < -0.3 is 0 Å². The Balaban J connectivity index is 0.000000180. The molecule has 0 aliphatic heterocycles. The highest BCUT2D eigenvalue weighted by Crippen LogP contribution is 2.23. The molecule has 0 unspecified atom stereocenters. The molecule has 2 aromatic carbocycles. The summed E-state index contributed by atoms with van der Waals surface area (Å²) in [6.07, 6.45) is 13.1. The van der Waals surface area contributed by atoms with E-state index < -0.39 is 0 Å². The molecular formula is C24H28. The maximum atomic E-state index is 3.65. The number of benzene rings is 2. The molecular weight excluding hydrogens is 288 g/mol. The van der Waals surface area contributed by atoms with Gasteiger partial charge in [-0.25, -0.2) is 0 Å². The molecule has 1 saturated carbocycles. The van der Waals surface area contributed by atoms with Crippen LogP contribution < -0.4 is 0 Å². The van der Waals surface area contributed by atoms with E-state index in [2.05, 4.69) is 25.8 Å². The molecule has 2 aromatic rings. The van der Waals surface area contributed by atoms with E-state index in [0.717, 1.165) is 0 Å². The van der Waals surface area contributed by atoms with Gasteiger partial charge in [-0.05, 0) is 36.8 Å². The highest BCUT2D eigenvalue weighted by molar-refractivity contribution is 5.46. The molecule has 1 fully saturated rings. The van der Waals surface area contributed by atoms with Crippen molar-refractivity contribution in [2.45, 2.75) is 25.7 Å². The molecule has 0 amide bonds. The van der Waals surface area contributed by atoms with E-state index >= 15 is 0 Å². The molecule has 0 nitrogen and oxygen atoms in total. The molecule has 0 radical (unpaired) electrons. The van der Waals surface area contributed by atoms with Crippen LogP contribution in [0.25, 0.3) is 12.2 Å². The van der Waals surface area contributed by atoms with E-state index in [4.69, 9.17) is 0 Å². The second-order valence-electron chi connectivity index (χ2n) is 5.50. The summed E-state index contributed by atoms with van der Waals surface area (Å²) in [5.41, 5.74) is 3.93. The summed E-state index contributed by atoms with van der Waals surface area (Å²) in [7, 11) is 0. The lowest BCUT2D eigenvalue weighted by molar-refractivity contribution is 0.886. The van der Waals surface area contributed by atoms with Crippen LogP contribution in [0.2, 0.25) is 0 Å². The predicted octanol–water partition coefficient (Wildman–Crippen LogP) is 7.33. The third kappa shape index (κ3) is 8.75. The first-order chi connectivity index (χ1) is 11.8. The molecule has 24 heavy (non-hydrogen) atoms. The van der Waals surface area contributed by atoms with E-state index in [-0.39, 0.29) is 0 Å². The van der Waals surface area contributed by atoms with Crippen molar-refractivity contribution in [2.75, 3.05) is 0 Å². The average Bonchev–Trinajstić information content (AvgIpc) is 3.18. The van der Waals surface area contributed by atoms with Crippen molar-refractivity contribution in [3.05, 3.63) is 109 Å². The van der Waals surface area contributed by atoms with Crippen molar-refractivity contribution in [3.8, 4) is 0 Å². The summed E-state index contributed by atoms with van der Waals surface area (Å²) in [5, 5.41) is 0. The van der Waals surface area contributed by atoms with Crippen LogP contribution in [0.5, 0.6) is 0 Å². The van der Waals surface area contributed by atoms with Gasteiger partial charge in [0.25, 0.3) is 0 Å². The van der Waals surface area contributed by atoms with Crippen LogP contribution in [0.1, 0.15) is 36.8 Å². The summed E-state index contributed by atoms with van der Waals surface area (Å²) >= 11 is 0. The average molecular weight is 316 g/mol. The van der Waals surface area contributed by atoms with E-state index in [1.165, 1.54) is 36.8 Å². The Labute approximate surface area is 147 Å². The summed E-state index contributed by atoms with van der Waals surface area (Å²) in [4.78, 5) is 0. The molecule has 0 N–H and O–H groups in total. The fourth-order valence-corrected chi connectivity index (χ4v) is 2.34. The Morgan fingerprint density at radius 3 is 1.33 bits per heavy atom. The molecule has 0 bridgehead atoms. The number of rotatable bonds is 3. The quantitative estimate of drug-likeness (QED) is 0.556. The lowest BCUT2D eigenvalue weighted by Gasteiger charge is -1.86. The molecule has 0 heterocycles. The Morgan fingerprint density at radius 2 is 1.04 bits per heavy atom. The van der Waals surface area contributed by atoms with Crippen LogP contribution in [-0.4, -0.2) is 0 Å². The van der Waals surface area contributed by atoms with Gasteiger partial charge in [-0.15, -0.1) is 0 Å². The second kappa shape index (κ2) is 12.9. The molecule has 0 saturated heterocycles. The molecule has 0 atom stereocenters. The van der Waals surface area contributed by atoms with E-state index in [1.54, 1.807) is 5.57 Å². The standard InChI is InChI=1S/2C8H8.C8H12/c2*1-2-8-6-4-3-5-7-8;1-2-5-8-6-3-4-7-8/h2*2-7H,1H2;2,5H,1,3-4,6-7H2. The summed E-state index contributed by atoms with van der Waals surface area (Å²) in [6.45, 7) is 10.9. The third-order valence-corrected chi connectivity index (χ3v) is 3.67. The summed E-state index contributed by atoms with van der Waals surface area (Å²) in [6, 6.07) is 20.1. The molecule has 1 aliphatic rings. The molecule has 124 valence electrons. The van der Waals surface area contributed by atoms with Crippen molar-refractivity contribution in [3.63, 3.8) is 0 Å². The van der Waals surface area contributed by atoms with Crippen LogP contribution in [0.4, 0.5) is 0 Å². The van der Waals surface area contributed by atoms with E-state index in [1.807, 2.05) is 78.9 Å². The van der Waals surface area contributed by atoms with Crippen LogP contribution in [0.15, 0.2) is 98.1 Å². The first-order valence-electron chi connectivity index (χ1n) is 8.45. The third-order valence-electron chi connectivity index (χ3n) is 3.67. The first kappa shape index (κ1) is 19.4. The highest BCUT2D eigenvalue weighted by Gasteiger charge is 2.03. The van der Waals surface area contributed by atoms with Gasteiger partial charge in [0, 0.05) is 0 Å². The van der Waals surface area contributed by atoms with Gasteiger partial charge in [-0.1, -0.05) is 110 Å². The van der Waals surface area contributed by atoms with E-state index in [0.29, 0.717) is 0 Å². The molecule has 0 heteroatoms. The van der Waals surface area contributed by atoms with Crippen LogP contribution in [0, 0.1) is 0 Å². The van der Waals surface area contributed by atoms with Gasteiger partial charge in [0.15, 0.2) is 0 Å². The number of hydrogen-bond donors (Lipinski definition) is 0. The monoisotopic (exact) mass is 316 g/mol. The number of allylic oxidation sites excluding steroid dienone is 3. The van der Waals surface area contributed by atoms with Gasteiger partial charge >= 0.3 is 0 Å². The zero-order valence-electron chi connectivity index (χ0n) is 14.5. The Morgan fingerprint density at radius 1 is 0.625 bits per heavy atom. The SMILES string of the molecule is C=CC=C1CCCC1.C=Cc1ccccc1.C=Cc1ccccc1. The predicted molar refractivity (Wildman–Crippen MR) is 110 cm³/mol. The largest absolute Gasteiger partial charge is 0.0991 e. The highest BCUT2D eigenvalue weighted by atomic mass is 14.1. The maximum Gasteiger partial charge on any atom is -0.0263 e. The van der Waals surface area contributed by atoms with Gasteiger partial charge in [-0.3, -0.25) is 0 Å². The lowest BCUT2D eigenvalue weighted by atomic mass is 10.2. The Kier molecular flexibility index (Phi) is 10.4. The molecule has 0 aromatic heterocycles. The minimum Gasteiger partial charge on any atom is -0.0991 e. The maximum absolute atomic E-state index is 3.65. The summed E-state index contributed by atoms with van der Waals surface area (Å²) in [5.74, 6) is 0. The van der Waals surface area contributed by atoms with Crippen LogP contribution in [0.3, 0.4) is 0 Å². The molecule has 3 rings (SSSR count). The van der Waals surface area contributed by atoms with E-state index in [9.17, 15) is 0 Å². The number of hydrogen-bond acceptors (Lipinski definition) is 0. The minimum absolute atomic E-state index is 1.17. The normalized spacial score (nSPS) is 11.9. The fraction of sp³-hybridized carbons (Fsp3) is 0.167. The summed E-state index contributed by atoms with van der Waals surface area (Å²) < 4.78 is 0. The minimum atomic E-state index is 1.17. The Hall–Kier alpha value is -2.60. The van der Waals surface area contributed by atoms with Crippen LogP contribution in [-0.2, 0) is 0 Å². The van der Waals surface area contributed by atoms with Crippen molar-refractivity contribution in [1.82, 2.24) is 0 Å². The van der Waals surface area contributed by atoms with Gasteiger partial charge in [0.05, 0.1) is 0 Å². The van der Waals surface area contributed by atoms with Crippen molar-refractivity contribution >= 4 is 12.2 Å². The Bertz CT molecular complexity index is 566. The first-order valence-corrected chi connectivity index (χ1v) is 8.45. The molecule has 1 aliphatic carbocycles. The van der Waals surface area contributed by atoms with Crippen LogP contribution >= 0.6 is 0 Å². The van der Waals surface area contributed by atoms with Gasteiger partial charge in [0.1, 0.15) is 0 Å². The van der Waals surface area contributed by atoms with Crippen molar-refractivity contribution in [2.24, 2.45) is 0 Å². The topological polar surface area (TPSA) is 0 Å². The lowest BCUT2D eigenvalue weighted by Crippen LogP contribution is -1.66. The van der Waals surface area contributed by atoms with Crippen molar-refractivity contribution in [1.29, 1.82) is 0 Å². The smallest absolute Gasteiger partial charge is 0.0263 e.